The zero-order valence-electron chi connectivity index (χ0n) is 12.8. The van der Waals surface area contributed by atoms with Crippen LogP contribution in [-0.4, -0.2) is 29.1 Å². The molecular formula is C19H21NO2. The molecule has 3 nitrogen and oxygen atoms in total. The second kappa shape index (κ2) is 6.32. The van der Waals surface area contributed by atoms with Crippen molar-refractivity contribution in [3.8, 4) is 0 Å². The van der Waals surface area contributed by atoms with Gasteiger partial charge in [-0.05, 0) is 23.6 Å². The molecule has 0 bridgehead atoms. The van der Waals surface area contributed by atoms with E-state index in [2.05, 4.69) is 36.1 Å². The molecule has 1 N–H and O–H groups in total. The summed E-state index contributed by atoms with van der Waals surface area (Å²) in [5.74, 6) is -0.948. The second-order valence-corrected chi connectivity index (χ2v) is 6.09. The summed E-state index contributed by atoms with van der Waals surface area (Å²) >= 11 is 0. The molecule has 22 heavy (non-hydrogen) atoms. The molecule has 1 heterocycles. The lowest BCUT2D eigenvalue weighted by atomic mass is 9.86. The van der Waals surface area contributed by atoms with Gasteiger partial charge in [0.25, 0.3) is 0 Å². The summed E-state index contributed by atoms with van der Waals surface area (Å²) in [4.78, 5) is 13.9. The smallest absolute Gasteiger partial charge is 0.308 e. The number of rotatable bonds is 4. The van der Waals surface area contributed by atoms with E-state index in [4.69, 9.17) is 0 Å². The van der Waals surface area contributed by atoms with Crippen LogP contribution in [0.15, 0.2) is 54.6 Å². The largest absolute Gasteiger partial charge is 0.481 e. The van der Waals surface area contributed by atoms with Gasteiger partial charge in [0, 0.05) is 25.6 Å². The molecule has 114 valence electrons. The molecule has 0 amide bonds. The van der Waals surface area contributed by atoms with Gasteiger partial charge in [0.1, 0.15) is 0 Å². The van der Waals surface area contributed by atoms with E-state index in [0.29, 0.717) is 6.54 Å². The SMILES string of the molecule is Cc1ccccc1[C@@H]1CN(Cc2ccccc2)C[C@H]1C(=O)O. The molecule has 3 rings (SSSR count). The molecule has 2 atom stereocenters. The highest BCUT2D eigenvalue weighted by molar-refractivity contribution is 5.72. The molecule has 1 saturated heterocycles. The van der Waals surface area contributed by atoms with Crippen molar-refractivity contribution in [2.24, 2.45) is 5.92 Å². The van der Waals surface area contributed by atoms with Gasteiger partial charge in [0.2, 0.25) is 0 Å². The number of carboxylic acids is 1. The van der Waals surface area contributed by atoms with E-state index in [1.807, 2.05) is 30.3 Å². The Balaban J connectivity index is 1.81. The molecule has 0 spiro atoms. The van der Waals surface area contributed by atoms with Crippen LogP contribution < -0.4 is 0 Å². The Morgan fingerprint density at radius 1 is 1.09 bits per heavy atom. The quantitative estimate of drug-likeness (QED) is 0.941. The molecule has 0 unspecified atom stereocenters. The average Bonchev–Trinajstić information content (AvgIpc) is 2.92. The zero-order valence-corrected chi connectivity index (χ0v) is 12.8. The van der Waals surface area contributed by atoms with Crippen molar-refractivity contribution in [3.05, 3.63) is 71.3 Å². The lowest BCUT2D eigenvalue weighted by Gasteiger charge is -2.18. The topological polar surface area (TPSA) is 40.5 Å². The van der Waals surface area contributed by atoms with E-state index < -0.39 is 5.97 Å². The fraction of sp³-hybridized carbons (Fsp3) is 0.316. The van der Waals surface area contributed by atoms with E-state index in [0.717, 1.165) is 13.1 Å². The number of hydrogen-bond acceptors (Lipinski definition) is 2. The molecule has 0 aromatic heterocycles. The Kier molecular flexibility index (Phi) is 4.25. The summed E-state index contributed by atoms with van der Waals surface area (Å²) in [7, 11) is 0. The van der Waals surface area contributed by atoms with Crippen LogP contribution in [0.5, 0.6) is 0 Å². The molecular weight excluding hydrogens is 274 g/mol. The Hall–Kier alpha value is -2.13. The average molecular weight is 295 g/mol. The molecule has 1 aliphatic rings. The van der Waals surface area contributed by atoms with E-state index >= 15 is 0 Å². The predicted octanol–water partition coefficient (Wildman–Crippen LogP) is 3.30. The third-order valence-corrected chi connectivity index (χ3v) is 4.55. The predicted molar refractivity (Wildman–Crippen MR) is 86.8 cm³/mol. The number of aryl methyl sites for hydroxylation is 1. The first-order chi connectivity index (χ1) is 10.6. The number of hydrogen-bond donors (Lipinski definition) is 1. The van der Waals surface area contributed by atoms with E-state index in [1.165, 1.54) is 16.7 Å². The number of aliphatic carboxylic acids is 1. The van der Waals surface area contributed by atoms with Crippen molar-refractivity contribution < 1.29 is 9.90 Å². The van der Waals surface area contributed by atoms with Crippen LogP contribution in [-0.2, 0) is 11.3 Å². The maximum atomic E-state index is 11.7. The van der Waals surface area contributed by atoms with Crippen LogP contribution in [0.4, 0.5) is 0 Å². The summed E-state index contributed by atoms with van der Waals surface area (Å²) < 4.78 is 0. The van der Waals surface area contributed by atoms with Crippen LogP contribution in [0.1, 0.15) is 22.6 Å². The van der Waals surface area contributed by atoms with E-state index in [1.54, 1.807) is 0 Å². The summed E-state index contributed by atoms with van der Waals surface area (Å²) in [5.41, 5.74) is 3.59. The molecule has 1 fully saturated rings. The molecule has 1 aliphatic heterocycles. The standard InChI is InChI=1S/C19H21NO2/c1-14-7-5-6-10-16(14)17-12-20(13-18(17)19(21)22)11-15-8-3-2-4-9-15/h2-10,17-18H,11-13H2,1H3,(H,21,22)/t17-,18+/m0/s1. The first-order valence-corrected chi connectivity index (χ1v) is 7.70. The van der Waals surface area contributed by atoms with Crippen LogP contribution in [0, 0.1) is 12.8 Å². The highest BCUT2D eigenvalue weighted by atomic mass is 16.4. The van der Waals surface area contributed by atoms with Gasteiger partial charge in [-0.15, -0.1) is 0 Å². The monoisotopic (exact) mass is 295 g/mol. The second-order valence-electron chi connectivity index (χ2n) is 6.09. The van der Waals surface area contributed by atoms with Crippen molar-refractivity contribution in [1.82, 2.24) is 4.90 Å². The van der Waals surface area contributed by atoms with Gasteiger partial charge in [-0.3, -0.25) is 9.69 Å². The molecule has 0 radical (unpaired) electrons. The lowest BCUT2D eigenvalue weighted by Crippen LogP contribution is -2.23. The van der Waals surface area contributed by atoms with Crippen molar-refractivity contribution in [3.63, 3.8) is 0 Å². The fourth-order valence-corrected chi connectivity index (χ4v) is 3.42. The van der Waals surface area contributed by atoms with Crippen molar-refractivity contribution in [1.29, 1.82) is 0 Å². The van der Waals surface area contributed by atoms with Gasteiger partial charge in [-0.25, -0.2) is 0 Å². The summed E-state index contributed by atoms with van der Waals surface area (Å²) in [6.45, 7) is 4.29. The highest BCUT2D eigenvalue weighted by Crippen LogP contribution is 2.35. The Bertz CT molecular complexity index is 653. The number of benzene rings is 2. The minimum atomic E-state index is -0.691. The first-order valence-electron chi connectivity index (χ1n) is 7.70. The van der Waals surface area contributed by atoms with Gasteiger partial charge in [-0.1, -0.05) is 54.6 Å². The molecule has 0 aliphatic carbocycles. The van der Waals surface area contributed by atoms with Crippen LogP contribution >= 0.6 is 0 Å². The number of nitrogens with zero attached hydrogens (tertiary/aromatic N) is 1. The number of carboxylic acid groups (broad SMARTS) is 1. The Labute approximate surface area is 131 Å². The minimum absolute atomic E-state index is 0.0717. The van der Waals surface area contributed by atoms with Crippen molar-refractivity contribution in [2.45, 2.75) is 19.4 Å². The summed E-state index contributed by atoms with van der Waals surface area (Å²) in [6, 6.07) is 18.4. The lowest BCUT2D eigenvalue weighted by molar-refractivity contribution is -0.141. The number of likely N-dealkylation sites (tertiary alicyclic amines) is 1. The van der Waals surface area contributed by atoms with Gasteiger partial charge in [0.05, 0.1) is 5.92 Å². The van der Waals surface area contributed by atoms with Crippen LogP contribution in [0.25, 0.3) is 0 Å². The number of carbonyl (C=O) groups is 1. The molecule has 2 aromatic rings. The fourth-order valence-electron chi connectivity index (χ4n) is 3.42. The molecule has 3 heteroatoms. The van der Waals surface area contributed by atoms with E-state index in [-0.39, 0.29) is 11.8 Å². The normalized spacial score (nSPS) is 21.9. The Morgan fingerprint density at radius 3 is 2.45 bits per heavy atom. The Morgan fingerprint density at radius 2 is 1.77 bits per heavy atom. The zero-order chi connectivity index (χ0) is 15.5. The summed E-state index contributed by atoms with van der Waals surface area (Å²) in [6.07, 6.45) is 0. The van der Waals surface area contributed by atoms with Gasteiger partial charge in [-0.2, -0.15) is 0 Å². The maximum Gasteiger partial charge on any atom is 0.308 e. The third kappa shape index (κ3) is 3.04. The van der Waals surface area contributed by atoms with Gasteiger partial charge >= 0.3 is 5.97 Å². The minimum Gasteiger partial charge on any atom is -0.481 e. The van der Waals surface area contributed by atoms with Gasteiger partial charge < -0.3 is 5.11 Å². The maximum absolute atomic E-state index is 11.7. The van der Waals surface area contributed by atoms with Crippen LogP contribution in [0.2, 0.25) is 0 Å². The molecule has 0 saturated carbocycles. The third-order valence-electron chi connectivity index (χ3n) is 4.55. The van der Waals surface area contributed by atoms with Crippen molar-refractivity contribution >= 4 is 5.97 Å². The summed E-state index contributed by atoms with van der Waals surface area (Å²) in [5, 5.41) is 9.59. The van der Waals surface area contributed by atoms with Crippen LogP contribution in [0.3, 0.4) is 0 Å². The van der Waals surface area contributed by atoms with Gasteiger partial charge in [0.15, 0.2) is 0 Å². The highest BCUT2D eigenvalue weighted by Gasteiger charge is 2.38. The van der Waals surface area contributed by atoms with E-state index in [9.17, 15) is 9.90 Å². The first kappa shape index (κ1) is 14.8. The molecule has 2 aromatic carbocycles. The van der Waals surface area contributed by atoms with Crippen molar-refractivity contribution in [2.75, 3.05) is 13.1 Å².